The molecule has 28 heavy (non-hydrogen) atoms. The highest BCUT2D eigenvalue weighted by Gasteiger charge is 2.31. The third kappa shape index (κ3) is 4.67. The lowest BCUT2D eigenvalue weighted by atomic mass is 10.0. The van der Waals surface area contributed by atoms with Crippen LogP contribution in [-0.4, -0.2) is 32.1 Å². The Morgan fingerprint density at radius 2 is 1.96 bits per heavy atom. The summed E-state index contributed by atoms with van der Waals surface area (Å²) in [6.45, 7) is 5.57. The number of fused-ring (bicyclic) bond motifs is 1. The molecule has 0 saturated heterocycles. The number of amides is 1. The van der Waals surface area contributed by atoms with Crippen LogP contribution in [0.4, 0.5) is 0 Å². The first-order chi connectivity index (χ1) is 13.3. The van der Waals surface area contributed by atoms with Crippen LogP contribution in [0.25, 0.3) is 5.65 Å². The Kier molecular flexibility index (Phi) is 5.98. The zero-order valence-electron chi connectivity index (χ0n) is 16.1. The van der Waals surface area contributed by atoms with Gasteiger partial charge in [-0.1, -0.05) is 41.9 Å². The van der Waals surface area contributed by atoms with Crippen molar-refractivity contribution in [3.05, 3.63) is 65.1 Å². The van der Waals surface area contributed by atoms with E-state index in [1.54, 1.807) is 36.6 Å². The number of nitrogens with two attached hydrogens (primary N) is 1. The number of pyridine rings is 1. The first-order valence-electron chi connectivity index (χ1n) is 9.01. The van der Waals surface area contributed by atoms with E-state index in [4.69, 9.17) is 22.1 Å². The average molecular weight is 402 g/mol. The molecular weight excluding hydrogens is 378 g/mol. The van der Waals surface area contributed by atoms with Crippen LogP contribution in [0.2, 0.25) is 5.02 Å². The molecule has 0 aliphatic heterocycles. The molecule has 3 aromatic rings. The van der Waals surface area contributed by atoms with Gasteiger partial charge in [0.25, 0.3) is 0 Å². The molecule has 0 bridgehead atoms. The fourth-order valence-corrected chi connectivity index (χ4v) is 2.87. The van der Waals surface area contributed by atoms with Crippen molar-refractivity contribution in [2.75, 3.05) is 0 Å². The summed E-state index contributed by atoms with van der Waals surface area (Å²) in [6, 6.07) is 12.8. The summed E-state index contributed by atoms with van der Waals surface area (Å²) in [4.78, 5) is 12.6. The second-order valence-electron chi connectivity index (χ2n) is 7.31. The second kappa shape index (κ2) is 8.26. The standard InChI is InChI=1S/C20H24ClN5O2/c1-13(28-12-14-7-5-4-6-8-14)17(23-19(27)20(2,3)22)18-25-24-16-10-9-15(21)11-26(16)18/h4-11,13,17H,12,22H2,1-3H3,(H,23,27)/t13-,17-/m1/s1. The van der Waals surface area contributed by atoms with E-state index < -0.39 is 17.7 Å². The largest absolute Gasteiger partial charge is 0.371 e. The van der Waals surface area contributed by atoms with Crippen molar-refractivity contribution in [3.63, 3.8) is 0 Å². The maximum Gasteiger partial charge on any atom is 0.240 e. The van der Waals surface area contributed by atoms with Crippen molar-refractivity contribution in [2.45, 2.75) is 45.1 Å². The Morgan fingerprint density at radius 3 is 2.64 bits per heavy atom. The maximum absolute atomic E-state index is 12.6. The van der Waals surface area contributed by atoms with Crippen LogP contribution in [0, 0.1) is 0 Å². The van der Waals surface area contributed by atoms with Gasteiger partial charge in [0.05, 0.1) is 23.3 Å². The van der Waals surface area contributed by atoms with Gasteiger partial charge in [0, 0.05) is 6.20 Å². The second-order valence-corrected chi connectivity index (χ2v) is 7.74. The van der Waals surface area contributed by atoms with Crippen LogP contribution in [0.3, 0.4) is 0 Å². The third-order valence-corrected chi connectivity index (χ3v) is 4.59. The molecule has 0 spiro atoms. The molecule has 8 heteroatoms. The van der Waals surface area contributed by atoms with Crippen LogP contribution in [-0.2, 0) is 16.1 Å². The van der Waals surface area contributed by atoms with E-state index in [1.165, 1.54) is 0 Å². The van der Waals surface area contributed by atoms with Crippen molar-refractivity contribution < 1.29 is 9.53 Å². The predicted molar refractivity (Wildman–Crippen MR) is 108 cm³/mol. The van der Waals surface area contributed by atoms with E-state index in [2.05, 4.69) is 15.5 Å². The molecule has 3 N–H and O–H groups in total. The zero-order valence-corrected chi connectivity index (χ0v) is 16.8. The summed E-state index contributed by atoms with van der Waals surface area (Å²) >= 11 is 6.14. The van der Waals surface area contributed by atoms with Gasteiger partial charge in [-0.3, -0.25) is 9.20 Å². The van der Waals surface area contributed by atoms with Crippen LogP contribution in [0.5, 0.6) is 0 Å². The van der Waals surface area contributed by atoms with Gasteiger partial charge in [-0.25, -0.2) is 0 Å². The Hall–Kier alpha value is -2.48. The summed E-state index contributed by atoms with van der Waals surface area (Å²) in [6.07, 6.45) is 1.32. The van der Waals surface area contributed by atoms with Gasteiger partial charge < -0.3 is 15.8 Å². The average Bonchev–Trinajstić information content (AvgIpc) is 3.06. The molecule has 2 aromatic heterocycles. The van der Waals surface area contributed by atoms with Crippen LogP contribution in [0.15, 0.2) is 48.7 Å². The number of carbonyl (C=O) groups is 1. The van der Waals surface area contributed by atoms with Crippen molar-refractivity contribution >= 4 is 23.2 Å². The van der Waals surface area contributed by atoms with Gasteiger partial charge in [-0.2, -0.15) is 0 Å². The normalized spacial score (nSPS) is 14.0. The number of rotatable bonds is 7. The fraction of sp³-hybridized carbons (Fsp3) is 0.350. The number of benzene rings is 1. The molecule has 2 atom stereocenters. The zero-order chi connectivity index (χ0) is 20.3. The summed E-state index contributed by atoms with van der Waals surface area (Å²) in [5, 5.41) is 11.9. The summed E-state index contributed by atoms with van der Waals surface area (Å²) in [5.74, 6) is 0.210. The van der Waals surface area contributed by atoms with E-state index in [0.29, 0.717) is 23.1 Å². The monoisotopic (exact) mass is 401 g/mol. The molecule has 0 saturated carbocycles. The van der Waals surface area contributed by atoms with Crippen LogP contribution in [0.1, 0.15) is 38.2 Å². The van der Waals surface area contributed by atoms with Crippen LogP contribution >= 0.6 is 11.6 Å². The molecule has 0 unspecified atom stereocenters. The third-order valence-electron chi connectivity index (χ3n) is 4.37. The quantitative estimate of drug-likeness (QED) is 0.634. The molecule has 1 amide bonds. The first-order valence-corrected chi connectivity index (χ1v) is 9.39. The first kappa shape index (κ1) is 20.3. The number of hydrogen-bond donors (Lipinski definition) is 2. The van der Waals surface area contributed by atoms with Crippen LogP contribution < -0.4 is 11.1 Å². The number of aromatic nitrogens is 3. The molecular formula is C20H24ClN5O2. The Bertz CT molecular complexity index is 952. The molecule has 7 nitrogen and oxygen atoms in total. The lowest BCUT2D eigenvalue weighted by Gasteiger charge is -2.27. The molecule has 0 fully saturated rings. The number of nitrogens with zero attached hydrogens (tertiary/aromatic N) is 3. The lowest BCUT2D eigenvalue weighted by molar-refractivity contribution is -0.127. The Balaban J connectivity index is 1.89. The Morgan fingerprint density at radius 1 is 1.25 bits per heavy atom. The lowest BCUT2D eigenvalue weighted by Crippen LogP contribution is -2.52. The van der Waals surface area contributed by atoms with Crippen molar-refractivity contribution in [3.8, 4) is 0 Å². The molecule has 148 valence electrons. The van der Waals surface area contributed by atoms with Gasteiger partial charge in [-0.05, 0) is 38.5 Å². The molecule has 0 radical (unpaired) electrons. The maximum atomic E-state index is 12.6. The molecule has 1 aromatic carbocycles. The minimum absolute atomic E-state index is 0.313. The van der Waals surface area contributed by atoms with E-state index >= 15 is 0 Å². The van der Waals surface area contributed by atoms with Crippen molar-refractivity contribution in [1.29, 1.82) is 0 Å². The number of nitrogens with one attached hydrogen (secondary N) is 1. The van der Waals surface area contributed by atoms with Gasteiger partial charge in [-0.15, -0.1) is 10.2 Å². The predicted octanol–water partition coefficient (Wildman–Crippen LogP) is 2.88. The Labute approximate surface area is 168 Å². The van der Waals surface area contributed by atoms with Crippen molar-refractivity contribution in [1.82, 2.24) is 19.9 Å². The minimum atomic E-state index is -1.05. The number of ether oxygens (including phenoxy) is 1. The highest BCUT2D eigenvalue weighted by molar-refractivity contribution is 6.30. The fourth-order valence-electron chi connectivity index (χ4n) is 2.71. The molecule has 0 aliphatic carbocycles. The van der Waals surface area contributed by atoms with E-state index in [0.717, 1.165) is 5.56 Å². The smallest absolute Gasteiger partial charge is 0.240 e. The van der Waals surface area contributed by atoms with Crippen molar-refractivity contribution in [2.24, 2.45) is 5.73 Å². The summed E-state index contributed by atoms with van der Waals surface area (Å²) in [7, 11) is 0. The van der Waals surface area contributed by atoms with Gasteiger partial charge in [0.2, 0.25) is 5.91 Å². The van der Waals surface area contributed by atoms with Gasteiger partial charge in [0.1, 0.15) is 6.04 Å². The number of halogens is 1. The molecule has 3 rings (SSSR count). The SMILES string of the molecule is C[C@@H](OCc1ccccc1)[C@@H](NC(=O)C(C)(C)N)c1nnc2ccc(Cl)cn12. The topological polar surface area (TPSA) is 94.5 Å². The van der Waals surface area contributed by atoms with E-state index in [-0.39, 0.29) is 5.91 Å². The highest BCUT2D eigenvalue weighted by atomic mass is 35.5. The molecule has 0 aliphatic rings. The number of carbonyl (C=O) groups excluding carboxylic acids is 1. The van der Waals surface area contributed by atoms with E-state index in [1.807, 2.05) is 37.3 Å². The van der Waals surface area contributed by atoms with Gasteiger partial charge in [0.15, 0.2) is 11.5 Å². The van der Waals surface area contributed by atoms with E-state index in [9.17, 15) is 4.79 Å². The summed E-state index contributed by atoms with van der Waals surface area (Å²) < 4.78 is 7.79. The highest BCUT2D eigenvalue weighted by Crippen LogP contribution is 2.22. The summed E-state index contributed by atoms with van der Waals surface area (Å²) in [5.41, 5.74) is 6.58. The number of hydrogen-bond acceptors (Lipinski definition) is 5. The minimum Gasteiger partial charge on any atom is -0.371 e. The molecule has 2 heterocycles. The van der Waals surface area contributed by atoms with Gasteiger partial charge >= 0.3 is 0 Å².